The molecule has 0 atom stereocenters. The van der Waals surface area contributed by atoms with Crippen LogP contribution >= 0.6 is 22.9 Å². The Hall–Kier alpha value is -1.69. The molecule has 2 aromatic carbocycles. The van der Waals surface area contributed by atoms with Crippen LogP contribution in [-0.4, -0.2) is 13.4 Å². The van der Waals surface area contributed by atoms with Crippen LogP contribution in [-0.2, 0) is 22.0 Å². The average Bonchev–Trinajstić information content (AvgIpc) is 3.03. The maximum absolute atomic E-state index is 12.5. The summed E-state index contributed by atoms with van der Waals surface area (Å²) in [4.78, 5) is 4.62. The highest BCUT2D eigenvalue weighted by atomic mass is 35.5. The van der Waals surface area contributed by atoms with Gasteiger partial charge in [-0.25, -0.2) is 13.4 Å². The monoisotopic (exact) mass is 377 g/mol. The van der Waals surface area contributed by atoms with E-state index in [1.54, 1.807) is 23.6 Å². The second-order valence-corrected chi connectivity index (χ2v) is 8.61. The first-order valence-electron chi connectivity index (χ1n) is 7.50. The van der Waals surface area contributed by atoms with Gasteiger partial charge in [0.25, 0.3) is 0 Å². The highest BCUT2D eigenvalue weighted by Crippen LogP contribution is 2.28. The van der Waals surface area contributed by atoms with Crippen LogP contribution in [0.4, 0.5) is 0 Å². The molecule has 1 aromatic heterocycles. The Labute approximate surface area is 150 Å². The molecule has 0 fully saturated rings. The molecule has 0 N–H and O–H groups in total. The average molecular weight is 378 g/mol. The molecule has 0 amide bonds. The fraction of sp³-hybridized carbons (Fsp3) is 0.167. The van der Waals surface area contributed by atoms with Crippen molar-refractivity contribution < 1.29 is 8.42 Å². The molecule has 0 aliphatic carbocycles. The first-order valence-corrected chi connectivity index (χ1v) is 10.4. The molecule has 0 saturated heterocycles. The zero-order valence-corrected chi connectivity index (χ0v) is 15.5. The molecule has 0 aliphatic rings. The van der Waals surface area contributed by atoms with Crippen molar-refractivity contribution in [3.63, 3.8) is 0 Å². The summed E-state index contributed by atoms with van der Waals surface area (Å²) in [7, 11) is -3.51. The number of sulfone groups is 1. The predicted molar refractivity (Wildman–Crippen MR) is 99.3 cm³/mol. The number of hydrogen-bond acceptors (Lipinski definition) is 4. The van der Waals surface area contributed by atoms with E-state index in [1.807, 2.05) is 12.1 Å². The quantitative estimate of drug-likeness (QED) is 0.628. The molecular formula is C18H16ClNO2S2. The van der Waals surface area contributed by atoms with Crippen LogP contribution in [0.15, 0.2) is 58.8 Å². The number of rotatable bonds is 5. The number of halogens is 1. The Morgan fingerprint density at radius 1 is 1.08 bits per heavy atom. The number of nitrogens with zero attached hydrogens (tertiary/aromatic N) is 1. The molecule has 0 unspecified atom stereocenters. The molecule has 3 aromatic rings. The van der Waals surface area contributed by atoms with E-state index in [4.69, 9.17) is 11.6 Å². The van der Waals surface area contributed by atoms with Gasteiger partial charge in [0.2, 0.25) is 0 Å². The number of aryl methyl sites for hydroxylation is 1. The van der Waals surface area contributed by atoms with Gasteiger partial charge < -0.3 is 0 Å². The summed E-state index contributed by atoms with van der Waals surface area (Å²) in [5.41, 5.74) is 2.80. The first-order chi connectivity index (χ1) is 11.5. The standard InChI is InChI=1S/C18H16ClNO2S2/c1-2-13-7-9-14(10-8-13)18-20-15(11-23-18)12-24(21,22)17-6-4-3-5-16(17)19/h3-11H,2,12H2,1H3. The van der Waals surface area contributed by atoms with E-state index in [0.29, 0.717) is 5.69 Å². The number of benzene rings is 2. The van der Waals surface area contributed by atoms with Gasteiger partial charge in [0.05, 0.1) is 21.4 Å². The Morgan fingerprint density at radius 2 is 1.79 bits per heavy atom. The van der Waals surface area contributed by atoms with Crippen LogP contribution in [0.2, 0.25) is 5.02 Å². The topological polar surface area (TPSA) is 47.0 Å². The maximum atomic E-state index is 12.5. The molecular weight excluding hydrogens is 362 g/mol. The smallest absolute Gasteiger partial charge is 0.185 e. The SMILES string of the molecule is CCc1ccc(-c2nc(CS(=O)(=O)c3ccccc3Cl)cs2)cc1. The van der Waals surface area contributed by atoms with E-state index in [9.17, 15) is 8.42 Å². The minimum Gasteiger partial charge on any atom is -0.240 e. The zero-order valence-electron chi connectivity index (χ0n) is 13.1. The van der Waals surface area contributed by atoms with Crippen molar-refractivity contribution in [1.29, 1.82) is 0 Å². The van der Waals surface area contributed by atoms with E-state index in [0.717, 1.165) is 17.0 Å². The molecule has 3 nitrogen and oxygen atoms in total. The van der Waals surface area contributed by atoms with E-state index in [1.165, 1.54) is 23.0 Å². The fourth-order valence-corrected chi connectivity index (χ4v) is 5.12. The summed E-state index contributed by atoms with van der Waals surface area (Å²) in [6.45, 7) is 2.11. The van der Waals surface area contributed by atoms with Gasteiger partial charge in [-0.3, -0.25) is 0 Å². The van der Waals surface area contributed by atoms with Gasteiger partial charge in [-0.15, -0.1) is 11.3 Å². The van der Waals surface area contributed by atoms with E-state index in [-0.39, 0.29) is 15.7 Å². The molecule has 6 heteroatoms. The largest absolute Gasteiger partial charge is 0.240 e. The minimum absolute atomic E-state index is 0.147. The summed E-state index contributed by atoms with van der Waals surface area (Å²) in [6.07, 6.45) is 0.986. The van der Waals surface area contributed by atoms with E-state index in [2.05, 4.69) is 24.0 Å². The van der Waals surface area contributed by atoms with Gasteiger partial charge in [-0.2, -0.15) is 0 Å². The molecule has 3 rings (SSSR count). The normalized spacial score (nSPS) is 11.6. The Bertz CT molecular complexity index is 947. The van der Waals surface area contributed by atoms with Crippen LogP contribution in [0.1, 0.15) is 18.2 Å². The minimum atomic E-state index is -3.51. The van der Waals surface area contributed by atoms with Crippen LogP contribution < -0.4 is 0 Å². The second kappa shape index (κ2) is 7.05. The highest BCUT2D eigenvalue weighted by molar-refractivity contribution is 7.90. The molecule has 124 valence electrons. The Balaban J connectivity index is 1.84. The molecule has 24 heavy (non-hydrogen) atoms. The molecule has 0 bridgehead atoms. The zero-order chi connectivity index (χ0) is 17.2. The third kappa shape index (κ3) is 3.69. The van der Waals surface area contributed by atoms with Crippen molar-refractivity contribution in [2.75, 3.05) is 0 Å². The predicted octanol–water partition coefficient (Wildman–Crippen LogP) is 5.00. The van der Waals surface area contributed by atoms with Crippen molar-refractivity contribution in [3.05, 3.63) is 70.2 Å². The van der Waals surface area contributed by atoms with Crippen molar-refractivity contribution in [2.45, 2.75) is 24.0 Å². The number of aromatic nitrogens is 1. The Morgan fingerprint density at radius 3 is 2.46 bits per heavy atom. The number of hydrogen-bond donors (Lipinski definition) is 0. The van der Waals surface area contributed by atoms with Crippen LogP contribution in [0, 0.1) is 0 Å². The lowest BCUT2D eigenvalue weighted by Gasteiger charge is -2.04. The molecule has 0 saturated carbocycles. The fourth-order valence-electron chi connectivity index (χ4n) is 2.36. The lowest BCUT2D eigenvalue weighted by molar-refractivity contribution is 0.595. The lowest BCUT2D eigenvalue weighted by Crippen LogP contribution is -2.05. The van der Waals surface area contributed by atoms with Crippen molar-refractivity contribution in [1.82, 2.24) is 4.98 Å². The van der Waals surface area contributed by atoms with Gasteiger partial charge in [0, 0.05) is 10.9 Å². The number of thiazole rings is 1. The van der Waals surface area contributed by atoms with Gasteiger partial charge in [0.1, 0.15) is 5.01 Å². The summed E-state index contributed by atoms with van der Waals surface area (Å²) >= 11 is 7.46. The summed E-state index contributed by atoms with van der Waals surface area (Å²) < 4.78 is 25.1. The van der Waals surface area contributed by atoms with Crippen LogP contribution in [0.3, 0.4) is 0 Å². The summed E-state index contributed by atoms with van der Waals surface area (Å²) in [6, 6.07) is 14.6. The van der Waals surface area contributed by atoms with Crippen LogP contribution in [0.25, 0.3) is 10.6 Å². The van der Waals surface area contributed by atoms with Gasteiger partial charge in [-0.1, -0.05) is 54.9 Å². The Kier molecular flexibility index (Phi) is 5.04. The first kappa shape index (κ1) is 17.1. The van der Waals surface area contributed by atoms with Gasteiger partial charge in [0.15, 0.2) is 9.84 Å². The molecule has 0 radical (unpaired) electrons. The molecule has 1 heterocycles. The molecule has 0 spiro atoms. The maximum Gasteiger partial charge on any atom is 0.185 e. The lowest BCUT2D eigenvalue weighted by atomic mass is 10.1. The highest BCUT2D eigenvalue weighted by Gasteiger charge is 2.20. The van der Waals surface area contributed by atoms with Crippen molar-refractivity contribution >= 4 is 32.8 Å². The van der Waals surface area contributed by atoms with E-state index >= 15 is 0 Å². The van der Waals surface area contributed by atoms with Crippen LogP contribution in [0.5, 0.6) is 0 Å². The van der Waals surface area contributed by atoms with Gasteiger partial charge >= 0.3 is 0 Å². The second-order valence-electron chi connectivity index (χ2n) is 5.38. The van der Waals surface area contributed by atoms with Gasteiger partial charge in [-0.05, 0) is 24.1 Å². The summed E-state index contributed by atoms with van der Waals surface area (Å²) in [5, 5.41) is 2.85. The third-order valence-corrected chi connectivity index (χ3v) is 6.75. The van der Waals surface area contributed by atoms with E-state index < -0.39 is 9.84 Å². The van der Waals surface area contributed by atoms with Crippen molar-refractivity contribution in [2.24, 2.45) is 0 Å². The van der Waals surface area contributed by atoms with Crippen molar-refractivity contribution in [3.8, 4) is 10.6 Å². The third-order valence-electron chi connectivity index (χ3n) is 3.67. The summed E-state index contributed by atoms with van der Waals surface area (Å²) in [5.74, 6) is -0.153. The molecule has 0 aliphatic heterocycles.